The molecule has 0 N–H and O–H groups in total. The fourth-order valence-corrected chi connectivity index (χ4v) is 6.04. The van der Waals surface area contributed by atoms with Gasteiger partial charge in [0.15, 0.2) is 0 Å². The third-order valence-corrected chi connectivity index (χ3v) is 7.19. The molecule has 2 heterocycles. The minimum Gasteiger partial charge on any atom is -0.496 e. The van der Waals surface area contributed by atoms with Crippen molar-refractivity contribution < 1.29 is 14.3 Å². The lowest BCUT2D eigenvalue weighted by Gasteiger charge is -2.58. The highest BCUT2D eigenvalue weighted by Gasteiger charge is 2.63. The van der Waals surface area contributed by atoms with Crippen molar-refractivity contribution in [1.82, 2.24) is 9.80 Å². The third kappa shape index (κ3) is 3.67. The molecule has 1 amide bonds. The van der Waals surface area contributed by atoms with E-state index in [0.29, 0.717) is 17.8 Å². The lowest BCUT2D eigenvalue weighted by atomic mass is 9.48. The normalized spacial score (nSPS) is 29.2. The van der Waals surface area contributed by atoms with E-state index >= 15 is 0 Å². The Balaban J connectivity index is 1.39. The van der Waals surface area contributed by atoms with Gasteiger partial charge in [0.25, 0.3) is 0 Å². The van der Waals surface area contributed by atoms with Gasteiger partial charge >= 0.3 is 0 Å². The number of hydrogen-bond acceptors (Lipinski definition) is 4. The Hall–Kier alpha value is -1.59. The van der Waals surface area contributed by atoms with Crippen molar-refractivity contribution in [1.29, 1.82) is 0 Å². The molecule has 154 valence electrons. The van der Waals surface area contributed by atoms with Gasteiger partial charge in [-0.25, -0.2) is 0 Å². The number of hydrogen-bond donors (Lipinski definition) is 0. The number of carbonyl (C=O) groups is 1. The fourth-order valence-electron chi connectivity index (χ4n) is 6.04. The van der Waals surface area contributed by atoms with Crippen LogP contribution in [0.15, 0.2) is 24.3 Å². The SMILES string of the molecule is COc1ccccc1CCC(=O)N1C[C@@H]2C(C)(C)C[C@]2(CN2CCOCC2)C1. The second-order valence-corrected chi connectivity index (χ2v) is 9.55. The zero-order valence-electron chi connectivity index (χ0n) is 17.6. The molecule has 2 saturated heterocycles. The van der Waals surface area contributed by atoms with Crippen LogP contribution in [0, 0.1) is 16.7 Å². The molecule has 0 aromatic heterocycles. The summed E-state index contributed by atoms with van der Waals surface area (Å²) in [6.07, 6.45) is 2.52. The molecule has 1 aromatic rings. The van der Waals surface area contributed by atoms with Gasteiger partial charge in [-0.15, -0.1) is 0 Å². The van der Waals surface area contributed by atoms with Gasteiger partial charge in [0.1, 0.15) is 5.75 Å². The highest BCUT2D eigenvalue weighted by molar-refractivity contribution is 5.77. The first-order valence-electron chi connectivity index (χ1n) is 10.6. The first-order valence-corrected chi connectivity index (χ1v) is 10.6. The summed E-state index contributed by atoms with van der Waals surface area (Å²) >= 11 is 0. The maximum atomic E-state index is 13.0. The zero-order chi connectivity index (χ0) is 19.8. The van der Waals surface area contributed by atoms with Crippen LogP contribution in [0.5, 0.6) is 5.75 Å². The molecule has 0 radical (unpaired) electrons. The number of para-hydroxylation sites is 1. The minimum atomic E-state index is 0.279. The van der Waals surface area contributed by atoms with Gasteiger partial charge in [0, 0.05) is 44.6 Å². The summed E-state index contributed by atoms with van der Waals surface area (Å²) in [5.74, 6) is 1.78. The summed E-state index contributed by atoms with van der Waals surface area (Å²) in [7, 11) is 1.69. The molecule has 1 aliphatic carbocycles. The van der Waals surface area contributed by atoms with Crippen molar-refractivity contribution in [3.8, 4) is 5.75 Å². The Morgan fingerprint density at radius 3 is 2.71 bits per heavy atom. The van der Waals surface area contributed by atoms with Crippen LogP contribution in [-0.4, -0.2) is 68.8 Å². The van der Waals surface area contributed by atoms with Crippen LogP contribution in [0.25, 0.3) is 0 Å². The lowest BCUT2D eigenvalue weighted by Crippen LogP contribution is -2.59. The second kappa shape index (κ2) is 7.68. The van der Waals surface area contributed by atoms with Gasteiger partial charge in [-0.2, -0.15) is 0 Å². The van der Waals surface area contributed by atoms with E-state index in [1.54, 1.807) is 7.11 Å². The Labute approximate surface area is 169 Å². The molecule has 0 bridgehead atoms. The number of morpholine rings is 1. The molecule has 4 rings (SSSR count). The molecule has 5 heteroatoms. The largest absolute Gasteiger partial charge is 0.496 e. The number of benzene rings is 1. The van der Waals surface area contributed by atoms with Crippen LogP contribution in [0.4, 0.5) is 0 Å². The van der Waals surface area contributed by atoms with Gasteiger partial charge < -0.3 is 14.4 Å². The smallest absolute Gasteiger partial charge is 0.222 e. The van der Waals surface area contributed by atoms with Gasteiger partial charge in [-0.05, 0) is 35.8 Å². The molecule has 5 nitrogen and oxygen atoms in total. The molecule has 28 heavy (non-hydrogen) atoms. The third-order valence-electron chi connectivity index (χ3n) is 7.19. The van der Waals surface area contributed by atoms with E-state index in [0.717, 1.165) is 63.7 Å². The van der Waals surface area contributed by atoms with E-state index in [1.807, 2.05) is 18.2 Å². The highest BCUT2D eigenvalue weighted by Crippen LogP contribution is 2.63. The number of rotatable bonds is 6. The zero-order valence-corrected chi connectivity index (χ0v) is 17.6. The molecule has 0 spiro atoms. The number of likely N-dealkylation sites (tertiary alicyclic amines) is 1. The van der Waals surface area contributed by atoms with Gasteiger partial charge in [-0.1, -0.05) is 32.0 Å². The Morgan fingerprint density at radius 1 is 1.25 bits per heavy atom. The van der Waals surface area contributed by atoms with Gasteiger partial charge in [0.05, 0.1) is 20.3 Å². The number of amides is 1. The molecular formula is C23H34N2O3. The van der Waals surface area contributed by atoms with Crippen molar-refractivity contribution in [2.75, 3.05) is 53.0 Å². The highest BCUT2D eigenvalue weighted by atomic mass is 16.5. The number of ether oxygens (including phenoxy) is 2. The van der Waals surface area contributed by atoms with Crippen molar-refractivity contribution in [2.24, 2.45) is 16.7 Å². The fraction of sp³-hybridized carbons (Fsp3) is 0.696. The number of nitrogens with zero attached hydrogens (tertiary/aromatic N) is 2. The number of fused-ring (bicyclic) bond motifs is 1. The van der Waals surface area contributed by atoms with Crippen LogP contribution >= 0.6 is 0 Å². The first-order chi connectivity index (χ1) is 13.4. The summed E-state index contributed by atoms with van der Waals surface area (Å²) in [4.78, 5) is 17.7. The monoisotopic (exact) mass is 386 g/mol. The molecule has 3 fully saturated rings. The van der Waals surface area contributed by atoms with E-state index in [2.05, 4.69) is 29.7 Å². The standard InChI is InChI=1S/C23H34N2O3/c1-22(2)15-23(16-24-10-12-28-13-11-24)17-25(14-20(22)23)21(26)9-8-18-6-4-5-7-19(18)27-3/h4-7,20H,8-17H2,1-3H3/t20-,23+/m1/s1. The van der Waals surface area contributed by atoms with Crippen molar-refractivity contribution in [3.63, 3.8) is 0 Å². The van der Waals surface area contributed by atoms with E-state index in [1.165, 1.54) is 6.42 Å². The summed E-state index contributed by atoms with van der Waals surface area (Å²) in [5.41, 5.74) is 1.73. The molecule has 0 unspecified atom stereocenters. The minimum absolute atomic E-state index is 0.279. The second-order valence-electron chi connectivity index (χ2n) is 9.55. The molecule has 1 saturated carbocycles. The first kappa shape index (κ1) is 19.7. The molecule has 3 aliphatic rings. The topological polar surface area (TPSA) is 42.0 Å². The molecule has 1 aromatic carbocycles. The molecule has 2 atom stereocenters. The van der Waals surface area contributed by atoms with Gasteiger partial charge in [0.2, 0.25) is 5.91 Å². The maximum absolute atomic E-state index is 13.0. The van der Waals surface area contributed by atoms with Crippen LogP contribution in [-0.2, 0) is 16.0 Å². The summed E-state index contributed by atoms with van der Waals surface area (Å²) in [6, 6.07) is 8.01. The average Bonchev–Trinajstić information content (AvgIpc) is 3.01. The lowest BCUT2D eigenvalue weighted by molar-refractivity contribution is -0.130. The Bertz CT molecular complexity index is 714. The number of aryl methyl sites for hydroxylation is 1. The Morgan fingerprint density at radius 2 is 2.00 bits per heavy atom. The van der Waals surface area contributed by atoms with E-state index in [4.69, 9.17) is 9.47 Å². The quantitative estimate of drug-likeness (QED) is 0.754. The van der Waals surface area contributed by atoms with Gasteiger partial charge in [-0.3, -0.25) is 9.69 Å². The summed E-state index contributed by atoms with van der Waals surface area (Å²) < 4.78 is 11.0. The van der Waals surface area contributed by atoms with E-state index in [-0.39, 0.29) is 11.3 Å². The molecular weight excluding hydrogens is 352 g/mol. The van der Waals surface area contributed by atoms with Crippen LogP contribution in [0.1, 0.15) is 32.3 Å². The summed E-state index contributed by atoms with van der Waals surface area (Å²) in [5, 5.41) is 0. The van der Waals surface area contributed by atoms with E-state index in [9.17, 15) is 4.79 Å². The van der Waals surface area contributed by atoms with Crippen LogP contribution in [0.2, 0.25) is 0 Å². The average molecular weight is 387 g/mol. The number of methoxy groups -OCH3 is 1. The van der Waals surface area contributed by atoms with Crippen molar-refractivity contribution in [2.45, 2.75) is 33.1 Å². The Kier molecular flexibility index (Phi) is 5.41. The predicted molar refractivity (Wildman–Crippen MR) is 109 cm³/mol. The maximum Gasteiger partial charge on any atom is 0.222 e. The number of carbonyl (C=O) groups excluding carboxylic acids is 1. The van der Waals surface area contributed by atoms with Crippen molar-refractivity contribution >= 4 is 5.91 Å². The van der Waals surface area contributed by atoms with Crippen molar-refractivity contribution in [3.05, 3.63) is 29.8 Å². The summed E-state index contributed by atoms with van der Waals surface area (Å²) in [6.45, 7) is 11.4. The van der Waals surface area contributed by atoms with E-state index < -0.39 is 0 Å². The molecule has 2 aliphatic heterocycles. The van der Waals surface area contributed by atoms with Crippen LogP contribution < -0.4 is 4.74 Å². The van der Waals surface area contributed by atoms with Crippen LogP contribution in [0.3, 0.4) is 0 Å². The predicted octanol–water partition coefficient (Wildman–Crippen LogP) is 2.83.